The van der Waals surface area contributed by atoms with Crippen LogP contribution in [-0.2, 0) is 0 Å². The van der Waals surface area contributed by atoms with Gasteiger partial charge in [-0.15, -0.1) is 13.2 Å². The van der Waals surface area contributed by atoms with E-state index in [0.717, 1.165) is 43.5 Å². The van der Waals surface area contributed by atoms with Gasteiger partial charge in [0.2, 0.25) is 0 Å². The van der Waals surface area contributed by atoms with Crippen molar-refractivity contribution < 1.29 is 22.7 Å². The van der Waals surface area contributed by atoms with Gasteiger partial charge in [0.15, 0.2) is 0 Å². The summed E-state index contributed by atoms with van der Waals surface area (Å²) in [6.45, 7) is 3.78. The van der Waals surface area contributed by atoms with E-state index in [2.05, 4.69) is 30.2 Å². The summed E-state index contributed by atoms with van der Waals surface area (Å²) in [6, 6.07) is 13.8. The standard InChI is InChI=1S/C23H22F3N5O2/c1-15-27-20(14-21(28-15)31-12-4-5-13-31)29-16-8-10-17(11-9-16)30-22(32)18-6-2-3-7-19(18)33-23(24,25)26/h2-3,6-11,14H,4-5,12-13H2,1H3,(H,30,32)(H,27,28,29). The molecule has 0 aliphatic carbocycles. The van der Waals surface area contributed by atoms with Crippen LogP contribution >= 0.6 is 0 Å². The van der Waals surface area contributed by atoms with E-state index in [1.807, 2.05) is 13.0 Å². The first-order valence-electron chi connectivity index (χ1n) is 10.4. The summed E-state index contributed by atoms with van der Waals surface area (Å²) in [5, 5.41) is 5.80. The minimum Gasteiger partial charge on any atom is -0.405 e. The van der Waals surface area contributed by atoms with Gasteiger partial charge < -0.3 is 20.3 Å². The normalized spacial score (nSPS) is 13.6. The highest BCUT2D eigenvalue weighted by Gasteiger charge is 2.32. The van der Waals surface area contributed by atoms with Crippen LogP contribution in [-0.4, -0.2) is 35.3 Å². The van der Waals surface area contributed by atoms with Gasteiger partial charge in [-0.3, -0.25) is 4.79 Å². The van der Waals surface area contributed by atoms with Crippen LogP contribution in [0.15, 0.2) is 54.6 Å². The Labute approximate surface area is 188 Å². The topological polar surface area (TPSA) is 79.4 Å². The van der Waals surface area contributed by atoms with Crippen molar-refractivity contribution >= 4 is 28.9 Å². The summed E-state index contributed by atoms with van der Waals surface area (Å²) < 4.78 is 41.7. The molecule has 33 heavy (non-hydrogen) atoms. The Morgan fingerprint density at radius 2 is 1.67 bits per heavy atom. The predicted molar refractivity (Wildman–Crippen MR) is 119 cm³/mol. The van der Waals surface area contributed by atoms with Gasteiger partial charge in [-0.2, -0.15) is 0 Å². The summed E-state index contributed by atoms with van der Waals surface area (Å²) in [7, 11) is 0. The molecule has 2 heterocycles. The summed E-state index contributed by atoms with van der Waals surface area (Å²) in [4.78, 5) is 23.7. The lowest BCUT2D eigenvalue weighted by Gasteiger charge is -2.18. The second kappa shape index (κ2) is 9.35. The van der Waals surface area contributed by atoms with E-state index >= 15 is 0 Å². The van der Waals surface area contributed by atoms with Gasteiger partial charge in [0.25, 0.3) is 5.91 Å². The lowest BCUT2D eigenvalue weighted by Crippen LogP contribution is -2.20. The lowest BCUT2D eigenvalue weighted by molar-refractivity contribution is -0.274. The van der Waals surface area contributed by atoms with Crippen LogP contribution in [0.4, 0.5) is 36.2 Å². The maximum atomic E-state index is 12.6. The first-order valence-corrected chi connectivity index (χ1v) is 10.4. The van der Waals surface area contributed by atoms with E-state index in [0.29, 0.717) is 17.3 Å². The van der Waals surface area contributed by atoms with Crippen molar-refractivity contribution in [1.82, 2.24) is 9.97 Å². The first kappa shape index (κ1) is 22.4. The SMILES string of the molecule is Cc1nc(Nc2ccc(NC(=O)c3ccccc3OC(F)(F)F)cc2)cc(N2CCCC2)n1. The summed E-state index contributed by atoms with van der Waals surface area (Å²) >= 11 is 0. The fraction of sp³-hybridized carbons (Fsp3) is 0.261. The molecule has 0 saturated carbocycles. The molecule has 0 atom stereocenters. The van der Waals surface area contributed by atoms with Crippen molar-refractivity contribution in [2.75, 3.05) is 28.6 Å². The largest absolute Gasteiger partial charge is 0.573 e. The van der Waals surface area contributed by atoms with E-state index in [4.69, 9.17) is 0 Å². The number of carbonyl (C=O) groups is 1. The molecule has 0 bridgehead atoms. The molecule has 1 amide bonds. The molecule has 0 radical (unpaired) electrons. The quantitative estimate of drug-likeness (QED) is 0.524. The van der Waals surface area contributed by atoms with Gasteiger partial charge in [-0.05, 0) is 56.2 Å². The zero-order valence-electron chi connectivity index (χ0n) is 17.8. The molecule has 1 fully saturated rings. The fourth-order valence-electron chi connectivity index (χ4n) is 3.58. The third-order valence-corrected chi connectivity index (χ3v) is 5.03. The average Bonchev–Trinajstić information content (AvgIpc) is 3.29. The number of anilines is 4. The van der Waals surface area contributed by atoms with Gasteiger partial charge in [-0.25, -0.2) is 9.97 Å². The molecule has 7 nitrogen and oxygen atoms in total. The number of halogens is 3. The summed E-state index contributed by atoms with van der Waals surface area (Å²) in [6.07, 6.45) is -2.60. The van der Waals surface area contributed by atoms with Crippen molar-refractivity contribution in [2.24, 2.45) is 0 Å². The predicted octanol–water partition coefficient (Wildman–Crippen LogP) is 5.28. The van der Waals surface area contributed by atoms with Crippen molar-refractivity contribution in [2.45, 2.75) is 26.1 Å². The molecule has 0 spiro atoms. The van der Waals surface area contributed by atoms with Gasteiger partial charge in [0.05, 0.1) is 5.56 Å². The van der Waals surface area contributed by atoms with E-state index < -0.39 is 18.0 Å². The molecule has 10 heteroatoms. The van der Waals surface area contributed by atoms with Crippen LogP contribution in [0.3, 0.4) is 0 Å². The molecule has 3 aromatic rings. The molecular weight excluding hydrogens is 435 g/mol. The van der Waals surface area contributed by atoms with Crippen LogP contribution in [0.5, 0.6) is 5.75 Å². The number of amides is 1. The maximum absolute atomic E-state index is 12.6. The number of benzene rings is 2. The first-order chi connectivity index (χ1) is 15.8. The van der Waals surface area contributed by atoms with Crippen molar-refractivity contribution in [3.8, 4) is 5.75 Å². The molecular formula is C23H22F3N5O2. The highest BCUT2D eigenvalue weighted by atomic mass is 19.4. The van der Waals surface area contributed by atoms with E-state index in [1.165, 1.54) is 18.2 Å². The second-order valence-corrected chi connectivity index (χ2v) is 7.55. The number of aromatic nitrogens is 2. The van der Waals surface area contributed by atoms with E-state index in [-0.39, 0.29) is 5.56 Å². The Morgan fingerprint density at radius 1 is 1.00 bits per heavy atom. The van der Waals surface area contributed by atoms with Crippen molar-refractivity contribution in [1.29, 1.82) is 0 Å². The van der Waals surface area contributed by atoms with Gasteiger partial charge in [-0.1, -0.05) is 12.1 Å². The van der Waals surface area contributed by atoms with Crippen LogP contribution in [0.2, 0.25) is 0 Å². The third-order valence-electron chi connectivity index (χ3n) is 5.03. The van der Waals surface area contributed by atoms with Crippen LogP contribution in [0.25, 0.3) is 0 Å². The molecule has 1 aliphatic rings. The number of carbonyl (C=O) groups excluding carboxylic acids is 1. The number of nitrogens with one attached hydrogen (secondary N) is 2. The molecule has 1 saturated heterocycles. The van der Waals surface area contributed by atoms with Crippen LogP contribution in [0.1, 0.15) is 29.0 Å². The van der Waals surface area contributed by atoms with Gasteiger partial charge >= 0.3 is 6.36 Å². The number of alkyl halides is 3. The minimum absolute atomic E-state index is 0.220. The zero-order valence-corrected chi connectivity index (χ0v) is 17.8. The highest BCUT2D eigenvalue weighted by Crippen LogP contribution is 2.27. The van der Waals surface area contributed by atoms with Crippen molar-refractivity contribution in [3.63, 3.8) is 0 Å². The molecule has 2 N–H and O–H groups in total. The van der Waals surface area contributed by atoms with Gasteiger partial charge in [0.1, 0.15) is 23.2 Å². The molecule has 4 rings (SSSR count). The Balaban J connectivity index is 1.44. The average molecular weight is 457 g/mol. The number of aryl methyl sites for hydroxylation is 1. The molecule has 1 aromatic heterocycles. The Kier molecular flexibility index (Phi) is 6.34. The van der Waals surface area contributed by atoms with E-state index in [9.17, 15) is 18.0 Å². The number of para-hydroxylation sites is 1. The van der Waals surface area contributed by atoms with Crippen LogP contribution < -0.4 is 20.3 Å². The van der Waals surface area contributed by atoms with E-state index in [1.54, 1.807) is 24.3 Å². The molecule has 0 unspecified atom stereocenters. The summed E-state index contributed by atoms with van der Waals surface area (Å²) in [5.74, 6) is 0.919. The molecule has 1 aliphatic heterocycles. The number of rotatable bonds is 6. The lowest BCUT2D eigenvalue weighted by atomic mass is 10.2. The Bertz CT molecular complexity index is 1130. The summed E-state index contributed by atoms with van der Waals surface area (Å²) in [5.41, 5.74) is 0.936. The second-order valence-electron chi connectivity index (χ2n) is 7.55. The minimum atomic E-state index is -4.89. The van der Waals surface area contributed by atoms with Gasteiger partial charge in [0, 0.05) is 30.5 Å². The number of nitrogens with zero attached hydrogens (tertiary/aromatic N) is 3. The molecule has 172 valence electrons. The Hall–Kier alpha value is -3.82. The highest BCUT2D eigenvalue weighted by molar-refractivity contribution is 6.06. The zero-order chi connectivity index (χ0) is 23.4. The smallest absolute Gasteiger partial charge is 0.405 e. The molecule has 2 aromatic carbocycles. The number of ether oxygens (including phenoxy) is 1. The maximum Gasteiger partial charge on any atom is 0.573 e. The number of hydrogen-bond acceptors (Lipinski definition) is 6. The fourth-order valence-corrected chi connectivity index (χ4v) is 3.58. The van der Waals surface area contributed by atoms with Crippen LogP contribution in [0, 0.1) is 6.92 Å². The monoisotopic (exact) mass is 457 g/mol. The Morgan fingerprint density at radius 3 is 2.36 bits per heavy atom. The number of hydrogen-bond donors (Lipinski definition) is 2. The van der Waals surface area contributed by atoms with Crippen molar-refractivity contribution in [3.05, 3.63) is 66.0 Å². The third kappa shape index (κ3) is 5.91.